The van der Waals surface area contributed by atoms with E-state index in [4.69, 9.17) is 5.11 Å². The molecule has 0 fully saturated rings. The number of halogens is 2. The average molecular weight is 186 g/mol. The van der Waals surface area contributed by atoms with Crippen molar-refractivity contribution in [2.45, 2.75) is 26.4 Å². The molecule has 13 heavy (non-hydrogen) atoms. The monoisotopic (exact) mass is 186 g/mol. The molecule has 1 nitrogen and oxygen atoms in total. The van der Waals surface area contributed by atoms with Crippen LogP contribution < -0.4 is 0 Å². The zero-order valence-corrected chi connectivity index (χ0v) is 7.64. The van der Waals surface area contributed by atoms with E-state index in [2.05, 4.69) is 0 Å². The minimum atomic E-state index is -0.549. The molecule has 0 heterocycles. The molecule has 0 atom stereocenters. The van der Waals surface area contributed by atoms with Crippen LogP contribution in [0, 0.1) is 11.6 Å². The van der Waals surface area contributed by atoms with Crippen LogP contribution in [0.1, 0.15) is 30.9 Å². The van der Waals surface area contributed by atoms with E-state index in [1.807, 2.05) is 0 Å². The van der Waals surface area contributed by atoms with Gasteiger partial charge in [0.1, 0.15) is 11.6 Å². The summed E-state index contributed by atoms with van der Waals surface area (Å²) in [7, 11) is 0. The fourth-order valence-corrected chi connectivity index (χ4v) is 1.17. The lowest BCUT2D eigenvalue weighted by Crippen LogP contribution is -1.99. The highest BCUT2D eigenvalue weighted by Gasteiger charge is 2.11. The first-order valence-electron chi connectivity index (χ1n) is 4.15. The highest BCUT2D eigenvalue weighted by atomic mass is 19.1. The molecule has 0 amide bonds. The summed E-state index contributed by atoms with van der Waals surface area (Å²) in [5, 5.41) is 8.67. The lowest BCUT2D eigenvalue weighted by molar-refractivity contribution is 0.274. The second-order valence-corrected chi connectivity index (χ2v) is 3.28. The van der Waals surface area contributed by atoms with Gasteiger partial charge in [-0.1, -0.05) is 13.8 Å². The van der Waals surface area contributed by atoms with Gasteiger partial charge >= 0.3 is 0 Å². The highest BCUT2D eigenvalue weighted by molar-refractivity contribution is 5.27. The summed E-state index contributed by atoms with van der Waals surface area (Å²) < 4.78 is 26.3. The van der Waals surface area contributed by atoms with Gasteiger partial charge in [-0.15, -0.1) is 0 Å². The van der Waals surface area contributed by atoms with Gasteiger partial charge in [0.05, 0.1) is 6.61 Å². The fourth-order valence-electron chi connectivity index (χ4n) is 1.17. The van der Waals surface area contributed by atoms with Crippen molar-refractivity contribution in [3.8, 4) is 0 Å². The van der Waals surface area contributed by atoms with E-state index < -0.39 is 18.2 Å². The minimum absolute atomic E-state index is 0.00176. The van der Waals surface area contributed by atoms with Crippen LogP contribution in [-0.2, 0) is 6.61 Å². The summed E-state index contributed by atoms with van der Waals surface area (Å²) >= 11 is 0. The van der Waals surface area contributed by atoms with Crippen LogP contribution in [0.15, 0.2) is 12.1 Å². The Kier molecular flexibility index (Phi) is 2.98. The maximum Gasteiger partial charge on any atom is 0.129 e. The van der Waals surface area contributed by atoms with Crippen LogP contribution in [0.3, 0.4) is 0 Å². The van der Waals surface area contributed by atoms with Gasteiger partial charge in [0.15, 0.2) is 0 Å². The van der Waals surface area contributed by atoms with Gasteiger partial charge in [0.25, 0.3) is 0 Å². The smallest absolute Gasteiger partial charge is 0.129 e. The van der Waals surface area contributed by atoms with Crippen molar-refractivity contribution in [3.63, 3.8) is 0 Å². The summed E-state index contributed by atoms with van der Waals surface area (Å²) in [6.45, 7) is 3.11. The molecule has 0 aliphatic carbocycles. The predicted octanol–water partition coefficient (Wildman–Crippen LogP) is 2.58. The molecule has 3 heteroatoms. The molecule has 72 valence electrons. The van der Waals surface area contributed by atoms with Crippen molar-refractivity contribution in [3.05, 3.63) is 34.9 Å². The van der Waals surface area contributed by atoms with E-state index in [9.17, 15) is 8.78 Å². The Morgan fingerprint density at radius 3 is 2.31 bits per heavy atom. The number of aliphatic hydroxyl groups is 1. The molecule has 0 aliphatic rings. The van der Waals surface area contributed by atoms with E-state index in [1.54, 1.807) is 13.8 Å². The van der Waals surface area contributed by atoms with Gasteiger partial charge in [-0.3, -0.25) is 0 Å². The molecule has 0 aliphatic heterocycles. The molecule has 1 aromatic carbocycles. The second kappa shape index (κ2) is 3.83. The van der Waals surface area contributed by atoms with Gasteiger partial charge < -0.3 is 5.11 Å². The van der Waals surface area contributed by atoms with Crippen LogP contribution >= 0.6 is 0 Å². The molecule has 0 saturated heterocycles. The first-order chi connectivity index (χ1) is 6.06. The maximum absolute atomic E-state index is 13.2. The van der Waals surface area contributed by atoms with Gasteiger partial charge in [0, 0.05) is 5.56 Å². The zero-order chi connectivity index (χ0) is 10.0. The first kappa shape index (κ1) is 10.1. The Bertz CT molecular complexity index is 308. The van der Waals surface area contributed by atoms with E-state index in [1.165, 1.54) is 0 Å². The molecule has 0 saturated carbocycles. The van der Waals surface area contributed by atoms with Crippen LogP contribution in [0.2, 0.25) is 0 Å². The lowest BCUT2D eigenvalue weighted by Gasteiger charge is -2.08. The van der Waals surface area contributed by atoms with E-state index in [-0.39, 0.29) is 11.5 Å². The molecule has 0 aromatic heterocycles. The fraction of sp³-hybridized carbons (Fsp3) is 0.400. The van der Waals surface area contributed by atoms with E-state index in [0.29, 0.717) is 5.56 Å². The Labute approximate surface area is 76.0 Å². The third kappa shape index (κ3) is 2.04. The molecule has 0 radical (unpaired) electrons. The van der Waals surface area contributed by atoms with Crippen molar-refractivity contribution in [2.24, 2.45) is 0 Å². The second-order valence-electron chi connectivity index (χ2n) is 3.28. The van der Waals surface area contributed by atoms with Crippen LogP contribution in [-0.4, -0.2) is 5.11 Å². The van der Waals surface area contributed by atoms with Crippen LogP contribution in [0.5, 0.6) is 0 Å². The standard InChI is InChI=1S/C10H12F2O/c1-6(2)8-4-9(11)7(5-13)3-10(8)12/h3-4,6,13H,5H2,1-2H3. The maximum atomic E-state index is 13.2. The molecule has 0 spiro atoms. The van der Waals surface area contributed by atoms with Gasteiger partial charge in [0.2, 0.25) is 0 Å². The summed E-state index contributed by atoms with van der Waals surface area (Å²) in [6.07, 6.45) is 0. The Balaban J connectivity index is 3.20. The van der Waals surface area contributed by atoms with Gasteiger partial charge in [-0.2, -0.15) is 0 Å². The lowest BCUT2D eigenvalue weighted by atomic mass is 10.0. The number of rotatable bonds is 2. The molecular formula is C10H12F2O. The molecule has 1 rings (SSSR count). The van der Waals surface area contributed by atoms with Crippen LogP contribution in [0.25, 0.3) is 0 Å². The first-order valence-corrected chi connectivity index (χ1v) is 4.15. The van der Waals surface area contributed by atoms with Crippen LogP contribution in [0.4, 0.5) is 8.78 Å². The van der Waals surface area contributed by atoms with Crippen molar-refractivity contribution in [2.75, 3.05) is 0 Å². The normalized spacial score (nSPS) is 10.9. The molecular weight excluding hydrogens is 174 g/mol. The quantitative estimate of drug-likeness (QED) is 0.752. The molecule has 0 bridgehead atoms. The summed E-state index contributed by atoms with van der Waals surface area (Å²) in [5.74, 6) is -1.06. The number of hydrogen-bond acceptors (Lipinski definition) is 1. The van der Waals surface area contributed by atoms with Crippen molar-refractivity contribution in [1.82, 2.24) is 0 Å². The summed E-state index contributed by atoms with van der Waals surface area (Å²) in [6, 6.07) is 2.19. The number of hydrogen-bond donors (Lipinski definition) is 1. The summed E-state index contributed by atoms with van der Waals surface area (Å²) in [4.78, 5) is 0. The number of benzene rings is 1. The van der Waals surface area contributed by atoms with Crippen molar-refractivity contribution in [1.29, 1.82) is 0 Å². The van der Waals surface area contributed by atoms with E-state index >= 15 is 0 Å². The minimum Gasteiger partial charge on any atom is -0.392 e. The van der Waals surface area contributed by atoms with Gasteiger partial charge in [-0.05, 0) is 23.6 Å². The third-order valence-electron chi connectivity index (χ3n) is 1.96. The largest absolute Gasteiger partial charge is 0.392 e. The average Bonchev–Trinajstić information content (AvgIpc) is 2.07. The number of aliphatic hydroxyl groups excluding tert-OH is 1. The summed E-state index contributed by atoms with van der Waals surface area (Å²) in [5.41, 5.74) is 0.344. The van der Waals surface area contributed by atoms with Crippen molar-refractivity contribution < 1.29 is 13.9 Å². The molecule has 0 unspecified atom stereocenters. The third-order valence-corrected chi connectivity index (χ3v) is 1.96. The van der Waals surface area contributed by atoms with Crippen molar-refractivity contribution >= 4 is 0 Å². The zero-order valence-electron chi connectivity index (χ0n) is 7.64. The van der Waals surface area contributed by atoms with E-state index in [0.717, 1.165) is 12.1 Å². The Morgan fingerprint density at radius 1 is 1.23 bits per heavy atom. The SMILES string of the molecule is CC(C)c1cc(F)c(CO)cc1F. The topological polar surface area (TPSA) is 20.2 Å². The molecule has 1 N–H and O–H groups in total. The Morgan fingerprint density at radius 2 is 1.85 bits per heavy atom. The highest BCUT2D eigenvalue weighted by Crippen LogP contribution is 2.21. The predicted molar refractivity (Wildman–Crippen MR) is 46.4 cm³/mol. The molecule has 1 aromatic rings. The van der Waals surface area contributed by atoms with Gasteiger partial charge in [-0.25, -0.2) is 8.78 Å². The Hall–Kier alpha value is -0.960.